The molecule has 1 saturated heterocycles. The van der Waals surface area contributed by atoms with E-state index in [0.717, 1.165) is 27.6 Å². The average Bonchev–Trinajstić information content (AvgIpc) is 3.07. The summed E-state index contributed by atoms with van der Waals surface area (Å²) in [4.78, 5) is 23.7. The van der Waals surface area contributed by atoms with Gasteiger partial charge in [-0.2, -0.15) is 0 Å². The first-order chi connectivity index (χ1) is 14.1. The normalized spacial score (nSPS) is 21.6. The smallest absolute Gasteiger partial charge is 0.255 e. The molecule has 2 aromatic heterocycles. The van der Waals surface area contributed by atoms with Gasteiger partial charge in [0.2, 0.25) is 0 Å². The van der Waals surface area contributed by atoms with E-state index >= 15 is 0 Å². The fraction of sp³-hybridized carbons (Fsp3) is 0.318. The van der Waals surface area contributed by atoms with Crippen LogP contribution in [-0.2, 0) is 17.7 Å². The van der Waals surface area contributed by atoms with Gasteiger partial charge in [-0.3, -0.25) is 9.78 Å². The van der Waals surface area contributed by atoms with E-state index < -0.39 is 6.10 Å². The number of pyridine rings is 2. The van der Waals surface area contributed by atoms with E-state index in [-0.39, 0.29) is 11.9 Å². The summed E-state index contributed by atoms with van der Waals surface area (Å²) in [6.07, 6.45) is 4.10. The number of aromatic nitrogens is 2. The average molecular weight is 410 g/mol. The minimum absolute atomic E-state index is 0.0717. The van der Waals surface area contributed by atoms with Crippen molar-refractivity contribution in [3.63, 3.8) is 0 Å². The van der Waals surface area contributed by atoms with Crippen molar-refractivity contribution in [1.29, 1.82) is 0 Å². The molecule has 5 rings (SSSR count). The maximum absolute atomic E-state index is 13.2. The van der Waals surface area contributed by atoms with Crippen LogP contribution in [0.3, 0.4) is 0 Å². The number of aliphatic hydroxyl groups is 1. The number of amides is 1. The Morgan fingerprint density at radius 2 is 2.17 bits per heavy atom. The monoisotopic (exact) mass is 409 g/mol. The first kappa shape index (κ1) is 18.5. The van der Waals surface area contributed by atoms with Gasteiger partial charge >= 0.3 is 0 Å². The lowest BCUT2D eigenvalue weighted by Crippen LogP contribution is -2.49. The highest BCUT2D eigenvalue weighted by Crippen LogP contribution is 2.34. The molecule has 29 heavy (non-hydrogen) atoms. The molecule has 2 unspecified atom stereocenters. The summed E-state index contributed by atoms with van der Waals surface area (Å²) in [7, 11) is 0. The molecule has 0 spiro atoms. The Morgan fingerprint density at radius 3 is 2.97 bits per heavy atom. The molecule has 1 N–H and O–H groups in total. The molecule has 0 saturated carbocycles. The third-order valence-corrected chi connectivity index (χ3v) is 6.00. The van der Waals surface area contributed by atoms with Gasteiger partial charge in [-0.15, -0.1) is 0 Å². The van der Waals surface area contributed by atoms with E-state index in [2.05, 4.69) is 9.97 Å². The van der Waals surface area contributed by atoms with Crippen LogP contribution >= 0.6 is 11.6 Å². The molecule has 0 radical (unpaired) electrons. The zero-order chi connectivity index (χ0) is 20.0. The van der Waals surface area contributed by atoms with Crippen molar-refractivity contribution in [3.8, 4) is 0 Å². The predicted octanol–water partition coefficient (Wildman–Crippen LogP) is 2.98. The number of rotatable bonds is 3. The van der Waals surface area contributed by atoms with Crippen molar-refractivity contribution in [2.24, 2.45) is 0 Å². The topological polar surface area (TPSA) is 75.6 Å². The molecule has 1 aromatic carbocycles. The lowest BCUT2D eigenvalue weighted by atomic mass is 9.95. The Kier molecular flexibility index (Phi) is 4.70. The molecule has 2 atom stereocenters. The Balaban J connectivity index is 1.56. The summed E-state index contributed by atoms with van der Waals surface area (Å²) < 4.78 is 5.52. The van der Waals surface area contributed by atoms with E-state index in [1.807, 2.05) is 24.3 Å². The molecule has 2 aliphatic rings. The minimum Gasteiger partial charge on any atom is -0.391 e. The molecule has 0 bridgehead atoms. The lowest BCUT2D eigenvalue weighted by molar-refractivity contribution is -0.0528. The van der Waals surface area contributed by atoms with Gasteiger partial charge in [0.15, 0.2) is 0 Å². The molecule has 7 heteroatoms. The number of ether oxygens (including phenoxy) is 1. The van der Waals surface area contributed by atoms with E-state index in [9.17, 15) is 9.90 Å². The lowest BCUT2D eigenvalue weighted by Gasteiger charge is -2.34. The minimum atomic E-state index is -0.569. The molecule has 3 aromatic rings. The summed E-state index contributed by atoms with van der Waals surface area (Å²) in [5.41, 5.74) is 4.45. The fourth-order valence-electron chi connectivity index (χ4n) is 4.27. The Morgan fingerprint density at radius 1 is 1.28 bits per heavy atom. The third-order valence-electron chi connectivity index (χ3n) is 5.78. The fourth-order valence-corrected chi connectivity index (χ4v) is 4.39. The molecule has 1 fully saturated rings. The quantitative estimate of drug-likeness (QED) is 0.673. The highest BCUT2D eigenvalue weighted by atomic mass is 35.5. The zero-order valence-corrected chi connectivity index (χ0v) is 16.5. The van der Waals surface area contributed by atoms with Crippen LogP contribution in [0.25, 0.3) is 10.9 Å². The maximum atomic E-state index is 13.2. The van der Waals surface area contributed by atoms with Crippen LogP contribution < -0.4 is 0 Å². The van der Waals surface area contributed by atoms with Crippen molar-refractivity contribution in [2.75, 3.05) is 13.2 Å². The molecule has 148 valence electrons. The first-order valence-electron chi connectivity index (χ1n) is 9.68. The van der Waals surface area contributed by atoms with Gasteiger partial charge in [-0.1, -0.05) is 23.7 Å². The summed E-state index contributed by atoms with van der Waals surface area (Å²) in [6.45, 7) is 1.32. The summed E-state index contributed by atoms with van der Waals surface area (Å²) in [6, 6.07) is 9.29. The first-order valence-corrected chi connectivity index (χ1v) is 10.1. The number of hydrogen-bond acceptors (Lipinski definition) is 5. The van der Waals surface area contributed by atoms with Gasteiger partial charge in [0.1, 0.15) is 5.15 Å². The van der Waals surface area contributed by atoms with Crippen molar-refractivity contribution in [1.82, 2.24) is 14.9 Å². The number of nitrogens with zero attached hydrogens (tertiary/aromatic N) is 3. The molecular weight excluding hydrogens is 390 g/mol. The van der Waals surface area contributed by atoms with Crippen molar-refractivity contribution in [2.45, 2.75) is 31.5 Å². The summed E-state index contributed by atoms with van der Waals surface area (Å²) in [5, 5.41) is 11.9. The number of carbonyl (C=O) groups excluding carboxylic acids is 1. The van der Waals surface area contributed by atoms with Crippen LogP contribution in [0.5, 0.6) is 0 Å². The molecule has 2 aliphatic heterocycles. The van der Waals surface area contributed by atoms with Gasteiger partial charge in [0.25, 0.3) is 5.91 Å². The van der Waals surface area contributed by atoms with Crippen LogP contribution in [0.4, 0.5) is 0 Å². The third kappa shape index (κ3) is 3.27. The maximum Gasteiger partial charge on any atom is 0.255 e. The number of aliphatic hydroxyl groups excluding tert-OH is 1. The standard InChI is InChI=1S/C22H20ClN3O3/c23-20-4-3-13(10-25-20)8-14-9-16-17(21-15(14)2-1-6-24-21)11-26(22(16)28)18-12-29-7-5-19(18)27/h1-4,6,9-10,18-19,27H,5,7-8,11-12H2. The molecule has 4 heterocycles. The van der Waals surface area contributed by atoms with Crippen LogP contribution in [0.15, 0.2) is 42.7 Å². The van der Waals surface area contributed by atoms with Gasteiger partial charge in [0.05, 0.1) is 24.3 Å². The van der Waals surface area contributed by atoms with Crippen LogP contribution in [0.2, 0.25) is 5.15 Å². The molecule has 1 amide bonds. The molecular formula is C22H20ClN3O3. The van der Waals surface area contributed by atoms with Crippen LogP contribution in [-0.4, -0.2) is 51.2 Å². The highest BCUT2D eigenvalue weighted by molar-refractivity contribution is 6.29. The van der Waals surface area contributed by atoms with Crippen molar-refractivity contribution in [3.05, 3.63) is 70.1 Å². The number of hydrogen-bond donors (Lipinski definition) is 1. The van der Waals surface area contributed by atoms with Gasteiger partial charge in [-0.05, 0) is 42.2 Å². The van der Waals surface area contributed by atoms with E-state index in [1.54, 1.807) is 23.4 Å². The summed E-state index contributed by atoms with van der Waals surface area (Å²) >= 11 is 5.91. The van der Waals surface area contributed by atoms with E-state index in [1.165, 1.54) is 0 Å². The largest absolute Gasteiger partial charge is 0.391 e. The van der Waals surface area contributed by atoms with E-state index in [4.69, 9.17) is 16.3 Å². The number of halogens is 1. The second-order valence-electron chi connectivity index (χ2n) is 7.56. The van der Waals surface area contributed by atoms with Gasteiger partial charge in [0, 0.05) is 42.1 Å². The van der Waals surface area contributed by atoms with Crippen molar-refractivity contribution >= 4 is 28.4 Å². The second kappa shape index (κ2) is 7.37. The Bertz CT molecular complexity index is 1090. The van der Waals surface area contributed by atoms with Crippen molar-refractivity contribution < 1.29 is 14.6 Å². The molecule has 6 nitrogen and oxygen atoms in total. The second-order valence-corrected chi connectivity index (χ2v) is 7.95. The Hall–Kier alpha value is -2.54. The van der Waals surface area contributed by atoms with Gasteiger partial charge in [-0.25, -0.2) is 4.98 Å². The van der Waals surface area contributed by atoms with Crippen LogP contribution in [0, 0.1) is 0 Å². The van der Waals surface area contributed by atoms with Crippen LogP contribution in [0.1, 0.15) is 33.5 Å². The number of carbonyl (C=O) groups is 1. The number of benzene rings is 1. The van der Waals surface area contributed by atoms with Gasteiger partial charge < -0.3 is 14.7 Å². The summed E-state index contributed by atoms with van der Waals surface area (Å²) in [5.74, 6) is -0.0717. The Labute approximate surface area is 173 Å². The highest BCUT2D eigenvalue weighted by Gasteiger charge is 2.39. The zero-order valence-electron chi connectivity index (χ0n) is 15.7. The molecule has 0 aliphatic carbocycles. The number of fused-ring (bicyclic) bond motifs is 3. The van der Waals surface area contributed by atoms with E-state index in [0.29, 0.717) is 43.3 Å². The predicted molar refractivity (Wildman–Crippen MR) is 109 cm³/mol. The SMILES string of the molecule is O=C1c2cc(Cc3ccc(Cl)nc3)c3cccnc3c2CN1C1COCCC1O.